The monoisotopic (exact) mass is 225 g/mol. The van der Waals surface area contributed by atoms with E-state index in [9.17, 15) is 0 Å². The largest absolute Gasteiger partial charge is 0.386 e. The van der Waals surface area contributed by atoms with Crippen molar-refractivity contribution in [1.82, 2.24) is 5.32 Å². The number of hydrogen-bond acceptors (Lipinski definition) is 1. The quantitative estimate of drug-likeness (QED) is 0.571. The van der Waals surface area contributed by atoms with E-state index in [4.69, 9.17) is 0 Å². The molecule has 48 valence electrons. The van der Waals surface area contributed by atoms with Crippen molar-refractivity contribution in [2.24, 2.45) is 0 Å². The summed E-state index contributed by atoms with van der Waals surface area (Å²) >= 11 is 2.28. The number of rotatable bonds is 3. The first kappa shape index (κ1) is 8.27. The van der Waals surface area contributed by atoms with Gasteiger partial charge in [0, 0.05) is 16.2 Å². The molecule has 0 aromatic carbocycles. The van der Waals surface area contributed by atoms with Gasteiger partial charge in [-0.25, -0.2) is 0 Å². The fourth-order valence-electron chi connectivity index (χ4n) is 0.447. The summed E-state index contributed by atoms with van der Waals surface area (Å²) in [6, 6.07) is 0.525. The third kappa shape index (κ3) is 4.43. The van der Waals surface area contributed by atoms with E-state index in [0.29, 0.717) is 6.04 Å². The van der Waals surface area contributed by atoms with Crippen LogP contribution in [0.3, 0.4) is 0 Å². The minimum atomic E-state index is 0.525. The van der Waals surface area contributed by atoms with Gasteiger partial charge in [-0.2, -0.15) is 0 Å². The van der Waals surface area contributed by atoms with Gasteiger partial charge in [0.1, 0.15) is 0 Å². The first-order valence-corrected chi connectivity index (χ1v) is 4.19. The van der Waals surface area contributed by atoms with Crippen molar-refractivity contribution in [2.75, 3.05) is 4.43 Å². The molecule has 8 heavy (non-hydrogen) atoms. The zero-order valence-electron chi connectivity index (χ0n) is 5.37. The molecule has 2 heteroatoms. The second-order valence-electron chi connectivity index (χ2n) is 2.04. The summed E-state index contributed by atoms with van der Waals surface area (Å²) in [6.07, 6.45) is 0. The average Bonchev–Trinajstić information content (AvgIpc) is 1.65. The van der Waals surface area contributed by atoms with Gasteiger partial charge in [-0.05, 0) is 13.8 Å². The normalized spacial score (nSPS) is 9.50. The van der Waals surface area contributed by atoms with Crippen LogP contribution in [0.2, 0.25) is 0 Å². The van der Waals surface area contributed by atoms with Crippen molar-refractivity contribution in [1.29, 1.82) is 0 Å². The van der Waals surface area contributed by atoms with Crippen LogP contribution in [0.25, 0.3) is 0 Å². The molecule has 0 spiro atoms. The Kier molecular flexibility index (Phi) is 4.32. The fourth-order valence-corrected chi connectivity index (χ4v) is 0.667. The van der Waals surface area contributed by atoms with Crippen LogP contribution in [0, 0.1) is 0 Å². The van der Waals surface area contributed by atoms with E-state index in [2.05, 4.69) is 48.3 Å². The van der Waals surface area contributed by atoms with E-state index in [1.54, 1.807) is 0 Å². The topological polar surface area (TPSA) is 12.0 Å². The highest BCUT2D eigenvalue weighted by Crippen LogP contribution is 1.92. The van der Waals surface area contributed by atoms with Gasteiger partial charge in [0.05, 0.1) is 0 Å². The average molecular weight is 225 g/mol. The Hall–Kier alpha value is 0.270. The van der Waals surface area contributed by atoms with E-state index >= 15 is 0 Å². The van der Waals surface area contributed by atoms with Crippen LogP contribution in [0.1, 0.15) is 13.8 Å². The van der Waals surface area contributed by atoms with Crippen LogP contribution >= 0.6 is 22.6 Å². The summed E-state index contributed by atoms with van der Waals surface area (Å²) in [4.78, 5) is 0. The maximum atomic E-state index is 3.79. The second-order valence-corrected chi connectivity index (χ2v) is 2.80. The number of hydrogen-bond donors (Lipinski definition) is 1. The first-order chi connectivity index (χ1) is 3.66. The SMILES string of the molecule is C=C(CI)NC(C)C. The van der Waals surface area contributed by atoms with Gasteiger partial charge < -0.3 is 5.32 Å². The lowest BCUT2D eigenvalue weighted by Gasteiger charge is -2.08. The highest BCUT2D eigenvalue weighted by molar-refractivity contribution is 14.1. The minimum Gasteiger partial charge on any atom is -0.386 e. The van der Waals surface area contributed by atoms with Crippen LogP contribution in [-0.2, 0) is 0 Å². The molecule has 1 nitrogen and oxygen atoms in total. The van der Waals surface area contributed by atoms with Crippen LogP contribution in [0.15, 0.2) is 12.3 Å². The van der Waals surface area contributed by atoms with E-state index < -0.39 is 0 Å². The molecule has 1 N–H and O–H groups in total. The van der Waals surface area contributed by atoms with Gasteiger partial charge in [0.25, 0.3) is 0 Å². The van der Waals surface area contributed by atoms with Crippen molar-refractivity contribution in [2.45, 2.75) is 19.9 Å². The molecule has 0 radical (unpaired) electrons. The second kappa shape index (κ2) is 4.18. The molecule has 0 aliphatic rings. The fraction of sp³-hybridized carbons (Fsp3) is 0.667. The molecule has 0 atom stereocenters. The number of alkyl halides is 1. The molecular weight excluding hydrogens is 213 g/mol. The van der Waals surface area contributed by atoms with Gasteiger partial charge in [-0.15, -0.1) is 0 Å². The Morgan fingerprint density at radius 3 is 2.38 bits per heavy atom. The van der Waals surface area contributed by atoms with Crippen molar-refractivity contribution in [3.8, 4) is 0 Å². The summed E-state index contributed by atoms with van der Waals surface area (Å²) in [5.74, 6) is 0. The summed E-state index contributed by atoms with van der Waals surface area (Å²) in [7, 11) is 0. The maximum absolute atomic E-state index is 3.79. The van der Waals surface area contributed by atoms with Crippen molar-refractivity contribution >= 4 is 22.6 Å². The summed E-state index contributed by atoms with van der Waals surface area (Å²) < 4.78 is 0.996. The molecular formula is C6H12IN. The summed E-state index contributed by atoms with van der Waals surface area (Å²) in [6.45, 7) is 8.01. The highest BCUT2D eigenvalue weighted by Gasteiger charge is 1.90. The standard InChI is InChI=1S/C6H12IN/c1-5(2)8-6(3)4-7/h5,8H,3-4H2,1-2H3. The number of nitrogens with one attached hydrogen (secondary N) is 1. The van der Waals surface area contributed by atoms with Crippen LogP contribution in [-0.4, -0.2) is 10.5 Å². The summed E-state index contributed by atoms with van der Waals surface area (Å²) in [5.41, 5.74) is 1.11. The Bertz CT molecular complexity index is 78.6. The predicted octanol–water partition coefficient (Wildman–Crippen LogP) is 1.93. The Morgan fingerprint density at radius 2 is 2.25 bits per heavy atom. The lowest BCUT2D eigenvalue weighted by Crippen LogP contribution is -2.21. The van der Waals surface area contributed by atoms with Gasteiger partial charge >= 0.3 is 0 Å². The lowest BCUT2D eigenvalue weighted by molar-refractivity contribution is 0.675. The van der Waals surface area contributed by atoms with E-state index in [1.807, 2.05) is 0 Å². The van der Waals surface area contributed by atoms with Crippen molar-refractivity contribution in [3.05, 3.63) is 12.3 Å². The molecule has 0 unspecified atom stereocenters. The Labute approximate surface area is 64.7 Å². The van der Waals surface area contributed by atoms with Crippen molar-refractivity contribution < 1.29 is 0 Å². The third-order valence-electron chi connectivity index (χ3n) is 0.654. The number of allylic oxidation sites excluding steroid dienone is 1. The minimum absolute atomic E-state index is 0.525. The van der Waals surface area contributed by atoms with Gasteiger partial charge in [-0.3, -0.25) is 0 Å². The molecule has 0 bridgehead atoms. The highest BCUT2D eigenvalue weighted by atomic mass is 127. The Balaban J connectivity index is 3.25. The third-order valence-corrected chi connectivity index (χ3v) is 1.57. The lowest BCUT2D eigenvalue weighted by atomic mass is 10.4. The van der Waals surface area contributed by atoms with Crippen molar-refractivity contribution in [3.63, 3.8) is 0 Å². The first-order valence-electron chi connectivity index (χ1n) is 2.67. The predicted molar refractivity (Wildman–Crippen MR) is 46.3 cm³/mol. The van der Waals surface area contributed by atoms with Gasteiger partial charge in [0.2, 0.25) is 0 Å². The maximum Gasteiger partial charge on any atom is 0.0389 e. The molecule has 0 aliphatic carbocycles. The van der Waals surface area contributed by atoms with Gasteiger partial charge in [-0.1, -0.05) is 29.2 Å². The molecule has 0 heterocycles. The molecule has 0 rings (SSSR count). The molecule has 0 saturated carbocycles. The van der Waals surface area contributed by atoms with Crippen LogP contribution in [0.5, 0.6) is 0 Å². The molecule has 0 saturated heterocycles. The molecule has 0 aromatic rings. The molecule has 0 fully saturated rings. The summed E-state index contributed by atoms with van der Waals surface area (Å²) in [5, 5.41) is 3.19. The molecule has 0 amide bonds. The number of halogens is 1. The molecule has 0 aromatic heterocycles. The van der Waals surface area contributed by atoms with Crippen LogP contribution < -0.4 is 5.32 Å². The smallest absolute Gasteiger partial charge is 0.0389 e. The van der Waals surface area contributed by atoms with Gasteiger partial charge in [0.15, 0.2) is 0 Å². The van der Waals surface area contributed by atoms with Crippen LogP contribution in [0.4, 0.5) is 0 Å². The zero-order valence-corrected chi connectivity index (χ0v) is 7.53. The zero-order chi connectivity index (χ0) is 6.57. The molecule has 0 aliphatic heterocycles. The van der Waals surface area contributed by atoms with E-state index in [0.717, 1.165) is 10.1 Å². The Morgan fingerprint density at radius 1 is 1.75 bits per heavy atom. The van der Waals surface area contributed by atoms with E-state index in [-0.39, 0.29) is 0 Å². The van der Waals surface area contributed by atoms with E-state index in [1.165, 1.54) is 0 Å².